The zero-order valence-corrected chi connectivity index (χ0v) is 20.0. The molecule has 1 aliphatic rings. The second kappa shape index (κ2) is 11.5. The molecule has 0 saturated carbocycles. The number of likely N-dealkylation sites (tertiary alicyclic amines) is 1. The third kappa shape index (κ3) is 7.07. The Balaban J connectivity index is 1.50. The molecule has 0 bridgehead atoms. The molecule has 3 rings (SSSR count). The Morgan fingerprint density at radius 1 is 1.03 bits per heavy atom. The van der Waals surface area contributed by atoms with E-state index in [1.165, 1.54) is 29.0 Å². The number of carbonyl (C=O) groups excluding carboxylic acids is 1. The molecule has 1 heterocycles. The maximum absolute atomic E-state index is 12.4. The smallest absolute Gasteiger partial charge is 0.232 e. The first-order valence-electron chi connectivity index (χ1n) is 11.5. The summed E-state index contributed by atoms with van der Waals surface area (Å²) in [5.74, 6) is -0.0595. The molecule has 6 nitrogen and oxygen atoms in total. The molecular weight excluding hydrogens is 422 g/mol. The van der Waals surface area contributed by atoms with Gasteiger partial charge < -0.3 is 5.32 Å². The summed E-state index contributed by atoms with van der Waals surface area (Å²) in [7, 11) is -3.41. The van der Waals surface area contributed by atoms with Gasteiger partial charge in [0, 0.05) is 26.1 Å². The van der Waals surface area contributed by atoms with E-state index in [-0.39, 0.29) is 18.9 Å². The molecule has 0 unspecified atom stereocenters. The van der Waals surface area contributed by atoms with Crippen LogP contribution in [0, 0.1) is 0 Å². The molecule has 7 heteroatoms. The van der Waals surface area contributed by atoms with Crippen LogP contribution < -0.4 is 9.62 Å². The summed E-state index contributed by atoms with van der Waals surface area (Å²) >= 11 is 0. The fourth-order valence-corrected chi connectivity index (χ4v) is 5.08. The Hall–Kier alpha value is -2.38. The van der Waals surface area contributed by atoms with E-state index in [0.717, 1.165) is 37.2 Å². The SMILES string of the molecule is CCc1ccc(N(CCCC(=O)NCc2ccccc2CN2CCCC2)S(C)(=O)=O)cc1. The summed E-state index contributed by atoms with van der Waals surface area (Å²) in [4.78, 5) is 14.9. The van der Waals surface area contributed by atoms with Crippen LogP contribution in [0.4, 0.5) is 5.69 Å². The number of hydrogen-bond acceptors (Lipinski definition) is 4. The molecule has 1 saturated heterocycles. The van der Waals surface area contributed by atoms with Gasteiger partial charge in [-0.15, -0.1) is 0 Å². The van der Waals surface area contributed by atoms with Gasteiger partial charge in [-0.05, 0) is 67.6 Å². The number of aryl methyl sites for hydroxylation is 1. The third-order valence-electron chi connectivity index (χ3n) is 5.98. The second-order valence-electron chi connectivity index (χ2n) is 8.49. The van der Waals surface area contributed by atoms with Gasteiger partial charge in [-0.3, -0.25) is 14.0 Å². The van der Waals surface area contributed by atoms with E-state index in [9.17, 15) is 13.2 Å². The van der Waals surface area contributed by atoms with Crippen LogP contribution in [-0.2, 0) is 34.3 Å². The summed E-state index contributed by atoms with van der Waals surface area (Å²) in [6, 6.07) is 15.8. The highest BCUT2D eigenvalue weighted by Gasteiger charge is 2.18. The number of rotatable bonds is 11. The van der Waals surface area contributed by atoms with Crippen molar-refractivity contribution in [3.63, 3.8) is 0 Å². The van der Waals surface area contributed by atoms with Crippen molar-refractivity contribution < 1.29 is 13.2 Å². The minimum absolute atomic E-state index is 0.0595. The molecule has 2 aromatic carbocycles. The first-order chi connectivity index (χ1) is 15.4. The normalized spacial score (nSPS) is 14.4. The lowest BCUT2D eigenvalue weighted by atomic mass is 10.1. The maximum Gasteiger partial charge on any atom is 0.232 e. The molecule has 0 aromatic heterocycles. The zero-order chi connectivity index (χ0) is 23.0. The Morgan fingerprint density at radius 3 is 2.31 bits per heavy atom. The Morgan fingerprint density at radius 2 is 1.69 bits per heavy atom. The molecule has 0 aliphatic carbocycles. The number of carbonyl (C=O) groups is 1. The van der Waals surface area contributed by atoms with E-state index in [1.807, 2.05) is 36.4 Å². The lowest BCUT2D eigenvalue weighted by Crippen LogP contribution is -2.32. The van der Waals surface area contributed by atoms with Crippen molar-refractivity contribution in [2.24, 2.45) is 0 Å². The maximum atomic E-state index is 12.4. The third-order valence-corrected chi connectivity index (χ3v) is 7.18. The van der Waals surface area contributed by atoms with Gasteiger partial charge in [0.15, 0.2) is 0 Å². The Bertz CT molecular complexity index is 984. The average Bonchev–Trinajstić information content (AvgIpc) is 3.28. The topological polar surface area (TPSA) is 69.7 Å². The summed E-state index contributed by atoms with van der Waals surface area (Å²) in [5.41, 5.74) is 4.20. The molecule has 1 aliphatic heterocycles. The molecule has 0 spiro atoms. The minimum Gasteiger partial charge on any atom is -0.352 e. The molecule has 32 heavy (non-hydrogen) atoms. The Kier molecular flexibility index (Phi) is 8.70. The van der Waals surface area contributed by atoms with Crippen molar-refractivity contribution in [3.05, 3.63) is 65.2 Å². The van der Waals surface area contributed by atoms with Crippen molar-refractivity contribution in [1.29, 1.82) is 0 Å². The number of sulfonamides is 1. The highest BCUT2D eigenvalue weighted by atomic mass is 32.2. The fourth-order valence-electron chi connectivity index (χ4n) is 4.12. The summed E-state index contributed by atoms with van der Waals surface area (Å²) in [5, 5.41) is 3.01. The predicted octanol–water partition coefficient (Wildman–Crippen LogP) is 3.71. The van der Waals surface area contributed by atoms with Gasteiger partial charge in [0.2, 0.25) is 15.9 Å². The minimum atomic E-state index is -3.41. The van der Waals surface area contributed by atoms with Crippen molar-refractivity contribution in [3.8, 4) is 0 Å². The lowest BCUT2D eigenvalue weighted by Gasteiger charge is -2.22. The lowest BCUT2D eigenvalue weighted by molar-refractivity contribution is -0.121. The molecule has 174 valence electrons. The van der Waals surface area contributed by atoms with Crippen LogP contribution in [-0.4, -0.2) is 45.1 Å². The highest BCUT2D eigenvalue weighted by Crippen LogP contribution is 2.20. The van der Waals surface area contributed by atoms with Gasteiger partial charge in [0.25, 0.3) is 0 Å². The van der Waals surface area contributed by atoms with Crippen molar-refractivity contribution in [1.82, 2.24) is 10.2 Å². The van der Waals surface area contributed by atoms with Crippen molar-refractivity contribution in [2.75, 3.05) is 30.2 Å². The van der Waals surface area contributed by atoms with Gasteiger partial charge in [-0.25, -0.2) is 8.42 Å². The first kappa shape index (κ1) is 24.3. The molecule has 1 fully saturated rings. The van der Waals surface area contributed by atoms with E-state index in [4.69, 9.17) is 0 Å². The molecule has 0 radical (unpaired) electrons. The monoisotopic (exact) mass is 457 g/mol. The molecule has 0 atom stereocenters. The second-order valence-corrected chi connectivity index (χ2v) is 10.4. The molecule has 1 amide bonds. The number of nitrogens with zero attached hydrogens (tertiary/aromatic N) is 2. The van der Waals surface area contributed by atoms with Crippen molar-refractivity contribution >= 4 is 21.6 Å². The van der Waals surface area contributed by atoms with Crippen LogP contribution in [0.3, 0.4) is 0 Å². The van der Waals surface area contributed by atoms with Crippen LogP contribution in [0.1, 0.15) is 49.3 Å². The largest absolute Gasteiger partial charge is 0.352 e. The van der Waals surface area contributed by atoms with Crippen LogP contribution in [0.25, 0.3) is 0 Å². The summed E-state index contributed by atoms with van der Waals surface area (Å²) < 4.78 is 25.9. The van der Waals surface area contributed by atoms with Crippen LogP contribution in [0.15, 0.2) is 48.5 Å². The highest BCUT2D eigenvalue weighted by molar-refractivity contribution is 7.92. The van der Waals surface area contributed by atoms with Crippen LogP contribution >= 0.6 is 0 Å². The molecule has 2 aromatic rings. The van der Waals surface area contributed by atoms with Crippen LogP contribution in [0.5, 0.6) is 0 Å². The van der Waals surface area contributed by atoms with E-state index in [2.05, 4.69) is 29.3 Å². The molecule has 1 N–H and O–H groups in total. The molecular formula is C25H35N3O3S. The van der Waals surface area contributed by atoms with Gasteiger partial charge >= 0.3 is 0 Å². The van der Waals surface area contributed by atoms with Gasteiger partial charge in [-0.2, -0.15) is 0 Å². The predicted molar refractivity (Wildman–Crippen MR) is 130 cm³/mol. The van der Waals surface area contributed by atoms with Crippen LogP contribution in [0.2, 0.25) is 0 Å². The van der Waals surface area contributed by atoms with E-state index in [0.29, 0.717) is 18.7 Å². The Labute approximate surface area is 192 Å². The number of nitrogens with one attached hydrogen (secondary N) is 1. The van der Waals surface area contributed by atoms with Crippen molar-refractivity contribution in [2.45, 2.75) is 52.1 Å². The summed E-state index contributed by atoms with van der Waals surface area (Å²) in [6.07, 6.45) is 5.37. The fraction of sp³-hybridized carbons (Fsp3) is 0.480. The first-order valence-corrected chi connectivity index (χ1v) is 13.3. The van der Waals surface area contributed by atoms with E-state index in [1.54, 1.807) is 0 Å². The van der Waals surface area contributed by atoms with Gasteiger partial charge in [0.1, 0.15) is 0 Å². The van der Waals surface area contributed by atoms with E-state index >= 15 is 0 Å². The summed E-state index contributed by atoms with van der Waals surface area (Å²) in [6.45, 7) is 6.04. The number of amides is 1. The quantitative estimate of drug-likeness (QED) is 0.559. The van der Waals surface area contributed by atoms with Gasteiger partial charge in [0.05, 0.1) is 11.9 Å². The number of hydrogen-bond donors (Lipinski definition) is 1. The zero-order valence-electron chi connectivity index (χ0n) is 19.2. The standard InChI is InChI=1S/C25H35N3O3S/c1-3-21-12-14-24(15-13-21)28(32(2,30)31)18-8-11-25(29)26-19-22-9-4-5-10-23(22)20-27-16-6-7-17-27/h4-5,9-10,12-15H,3,6-8,11,16-20H2,1-2H3,(H,26,29). The van der Waals surface area contributed by atoms with E-state index < -0.39 is 10.0 Å². The average molecular weight is 458 g/mol. The number of benzene rings is 2. The number of anilines is 1. The van der Waals surface area contributed by atoms with Gasteiger partial charge in [-0.1, -0.05) is 43.3 Å².